The number of thiol groups is 1. The Labute approximate surface area is 120 Å². The van der Waals surface area contributed by atoms with Crippen LogP contribution in [0.2, 0.25) is 0 Å². The SMILES string of the molecule is O=C(NN1CCCC1)c1ncsc1S.[NaH]. The fraction of sp³-hybridized carbons (Fsp3) is 0.500. The number of thiazole rings is 1. The molecule has 1 saturated heterocycles. The molecule has 1 aliphatic rings. The van der Waals surface area contributed by atoms with Gasteiger partial charge in [0, 0.05) is 13.1 Å². The standard InChI is InChI=1S/C8H11N3OS2.Na.H/c12-7(6-8(13)14-5-9-6)10-11-3-1-2-4-11;;/h5,13H,1-4H2,(H,10,12);;. The maximum absolute atomic E-state index is 11.6. The maximum atomic E-state index is 11.6. The second-order valence-electron chi connectivity index (χ2n) is 3.14. The molecule has 0 radical (unpaired) electrons. The third-order valence-electron chi connectivity index (χ3n) is 2.13. The number of hydrazine groups is 1. The van der Waals surface area contributed by atoms with Crippen molar-refractivity contribution in [2.45, 2.75) is 17.1 Å². The fourth-order valence-corrected chi connectivity index (χ4v) is 2.24. The van der Waals surface area contributed by atoms with Gasteiger partial charge < -0.3 is 0 Å². The van der Waals surface area contributed by atoms with Gasteiger partial charge in [0.1, 0.15) is 0 Å². The predicted octanol–water partition coefficient (Wildman–Crippen LogP) is 0.524. The number of nitrogens with zero attached hydrogens (tertiary/aromatic N) is 2. The van der Waals surface area contributed by atoms with Gasteiger partial charge in [-0.25, -0.2) is 9.99 Å². The fourth-order valence-electron chi connectivity index (χ4n) is 1.42. The van der Waals surface area contributed by atoms with E-state index in [1.54, 1.807) is 5.51 Å². The van der Waals surface area contributed by atoms with Crippen LogP contribution in [0.1, 0.15) is 23.3 Å². The summed E-state index contributed by atoms with van der Waals surface area (Å²) >= 11 is 5.53. The van der Waals surface area contributed by atoms with E-state index in [4.69, 9.17) is 0 Å². The molecule has 4 nitrogen and oxygen atoms in total. The third-order valence-corrected chi connectivity index (χ3v) is 3.28. The normalized spacial score (nSPS) is 16.1. The van der Waals surface area contributed by atoms with Crippen LogP contribution in [0.4, 0.5) is 0 Å². The molecule has 1 amide bonds. The van der Waals surface area contributed by atoms with Gasteiger partial charge in [-0.2, -0.15) is 0 Å². The Hall–Kier alpha value is 0.410. The molecule has 1 aromatic heterocycles. The van der Waals surface area contributed by atoms with Crippen molar-refractivity contribution in [2.75, 3.05) is 13.1 Å². The summed E-state index contributed by atoms with van der Waals surface area (Å²) in [5.41, 5.74) is 4.86. The number of hydrogen-bond acceptors (Lipinski definition) is 5. The molecular formula is C8H12N3NaOS2. The minimum absolute atomic E-state index is 0. The van der Waals surface area contributed by atoms with Crippen molar-refractivity contribution >= 4 is 59.4 Å². The number of nitrogens with one attached hydrogen (secondary N) is 1. The van der Waals surface area contributed by atoms with E-state index in [0.29, 0.717) is 9.90 Å². The molecule has 1 N–H and O–H groups in total. The van der Waals surface area contributed by atoms with E-state index >= 15 is 0 Å². The topological polar surface area (TPSA) is 45.2 Å². The van der Waals surface area contributed by atoms with Crippen LogP contribution in [0, 0.1) is 0 Å². The predicted molar refractivity (Wildman–Crippen MR) is 64.8 cm³/mol. The van der Waals surface area contributed by atoms with Crippen LogP contribution in [0.25, 0.3) is 0 Å². The van der Waals surface area contributed by atoms with E-state index in [2.05, 4.69) is 23.0 Å². The molecule has 7 heteroatoms. The van der Waals surface area contributed by atoms with Gasteiger partial charge in [-0.1, -0.05) is 0 Å². The van der Waals surface area contributed by atoms with E-state index in [0.717, 1.165) is 25.9 Å². The Balaban J connectivity index is 0.00000112. The van der Waals surface area contributed by atoms with Crippen LogP contribution in [0.15, 0.2) is 9.72 Å². The van der Waals surface area contributed by atoms with E-state index in [1.165, 1.54) is 11.3 Å². The molecule has 1 aromatic rings. The molecular weight excluding hydrogens is 241 g/mol. The molecule has 0 bridgehead atoms. The second-order valence-corrected chi connectivity index (χ2v) is 4.75. The first-order chi connectivity index (χ1) is 6.77. The van der Waals surface area contributed by atoms with Crippen molar-refractivity contribution in [1.29, 1.82) is 0 Å². The number of carbonyl (C=O) groups excluding carboxylic acids is 1. The van der Waals surface area contributed by atoms with Crippen LogP contribution in [0.3, 0.4) is 0 Å². The Bertz CT molecular complexity index is 338. The van der Waals surface area contributed by atoms with Crippen LogP contribution in [-0.2, 0) is 0 Å². The summed E-state index contributed by atoms with van der Waals surface area (Å²) < 4.78 is 0.668. The van der Waals surface area contributed by atoms with Gasteiger partial charge in [0.25, 0.3) is 5.91 Å². The zero-order valence-electron chi connectivity index (χ0n) is 7.56. The number of hydrogen-bond donors (Lipinski definition) is 2. The monoisotopic (exact) mass is 253 g/mol. The van der Waals surface area contributed by atoms with Crippen LogP contribution < -0.4 is 5.43 Å². The zero-order chi connectivity index (χ0) is 9.97. The van der Waals surface area contributed by atoms with Crippen LogP contribution >= 0.6 is 24.0 Å². The molecule has 0 atom stereocenters. The average Bonchev–Trinajstić information content (AvgIpc) is 2.75. The summed E-state index contributed by atoms with van der Waals surface area (Å²) in [5.74, 6) is -0.154. The molecule has 1 fully saturated rings. The number of amides is 1. The number of rotatable bonds is 2. The van der Waals surface area contributed by atoms with Crippen molar-refractivity contribution in [3.63, 3.8) is 0 Å². The van der Waals surface area contributed by atoms with Gasteiger partial charge in [0.2, 0.25) is 0 Å². The molecule has 0 saturated carbocycles. The first-order valence-corrected chi connectivity index (χ1v) is 5.78. The Kier molecular flexibility index (Phi) is 5.59. The van der Waals surface area contributed by atoms with Crippen molar-refractivity contribution < 1.29 is 4.79 Å². The first-order valence-electron chi connectivity index (χ1n) is 4.46. The number of carbonyl (C=O) groups is 1. The minimum atomic E-state index is -0.154. The van der Waals surface area contributed by atoms with E-state index in [-0.39, 0.29) is 35.5 Å². The number of aromatic nitrogens is 1. The van der Waals surface area contributed by atoms with Gasteiger partial charge in [-0.05, 0) is 12.8 Å². The quantitative estimate of drug-likeness (QED) is 0.597. The summed E-state index contributed by atoms with van der Waals surface area (Å²) in [6, 6.07) is 0. The molecule has 1 aliphatic heterocycles. The Morgan fingerprint density at radius 1 is 1.53 bits per heavy atom. The molecule has 0 aliphatic carbocycles. The summed E-state index contributed by atoms with van der Waals surface area (Å²) in [5, 5.41) is 1.93. The van der Waals surface area contributed by atoms with Crippen LogP contribution in [-0.4, -0.2) is 58.5 Å². The molecule has 2 rings (SSSR count). The van der Waals surface area contributed by atoms with E-state index in [1.807, 2.05) is 5.01 Å². The summed E-state index contributed by atoms with van der Waals surface area (Å²) in [4.78, 5) is 15.6. The zero-order valence-corrected chi connectivity index (χ0v) is 9.27. The Morgan fingerprint density at radius 3 is 2.73 bits per heavy atom. The molecule has 0 unspecified atom stereocenters. The van der Waals surface area contributed by atoms with Crippen molar-refractivity contribution in [3.8, 4) is 0 Å². The van der Waals surface area contributed by atoms with E-state index in [9.17, 15) is 4.79 Å². The van der Waals surface area contributed by atoms with Gasteiger partial charge in [-0.3, -0.25) is 10.2 Å². The molecule has 78 valence electrons. The van der Waals surface area contributed by atoms with Gasteiger partial charge in [0.15, 0.2) is 5.69 Å². The molecule has 2 heterocycles. The van der Waals surface area contributed by atoms with Crippen molar-refractivity contribution in [1.82, 2.24) is 15.4 Å². The van der Waals surface area contributed by atoms with E-state index < -0.39 is 0 Å². The van der Waals surface area contributed by atoms with Gasteiger partial charge in [-0.15, -0.1) is 24.0 Å². The van der Waals surface area contributed by atoms with Gasteiger partial charge >= 0.3 is 29.6 Å². The first kappa shape index (κ1) is 13.5. The van der Waals surface area contributed by atoms with Crippen molar-refractivity contribution in [2.24, 2.45) is 0 Å². The summed E-state index contributed by atoms with van der Waals surface area (Å²) in [6.45, 7) is 1.86. The van der Waals surface area contributed by atoms with Gasteiger partial charge in [0.05, 0.1) is 9.72 Å². The Morgan fingerprint density at radius 2 is 2.20 bits per heavy atom. The molecule has 0 spiro atoms. The summed E-state index contributed by atoms with van der Waals surface area (Å²) in [7, 11) is 0. The van der Waals surface area contributed by atoms with Crippen molar-refractivity contribution in [3.05, 3.63) is 11.2 Å². The third kappa shape index (κ3) is 3.44. The molecule has 0 aromatic carbocycles. The summed E-state index contributed by atoms with van der Waals surface area (Å²) in [6.07, 6.45) is 2.29. The average molecular weight is 253 g/mol. The second kappa shape index (κ2) is 6.22. The molecule has 15 heavy (non-hydrogen) atoms. The van der Waals surface area contributed by atoms with Crippen LogP contribution in [0.5, 0.6) is 0 Å².